The van der Waals surface area contributed by atoms with Crippen LogP contribution in [0.4, 0.5) is 0 Å². The number of carbonyl (C=O) groups excluding carboxylic acids is 1. The topological polar surface area (TPSA) is 59.2 Å². The Morgan fingerprint density at radius 2 is 2.00 bits per heavy atom. The van der Waals surface area contributed by atoms with Crippen molar-refractivity contribution in [2.24, 2.45) is 0 Å². The number of nitrogens with zero attached hydrogens (tertiary/aromatic N) is 3. The molecule has 1 aromatic heterocycles. The van der Waals surface area contributed by atoms with Crippen molar-refractivity contribution in [2.75, 3.05) is 19.8 Å². The van der Waals surface area contributed by atoms with E-state index in [1.54, 1.807) is 19.0 Å². The third-order valence-corrected chi connectivity index (χ3v) is 3.51. The second-order valence-corrected chi connectivity index (χ2v) is 5.56. The number of carbonyl (C=O) groups is 1. The number of hydrogen-bond donors (Lipinski definition) is 0. The fourth-order valence-electron chi connectivity index (χ4n) is 1.59. The lowest BCUT2D eigenvalue weighted by Gasteiger charge is -2.08. The molecule has 0 aliphatic heterocycles. The van der Waals surface area contributed by atoms with Gasteiger partial charge in [0, 0.05) is 26.3 Å². The van der Waals surface area contributed by atoms with Gasteiger partial charge in [0.1, 0.15) is 0 Å². The van der Waals surface area contributed by atoms with Gasteiger partial charge in [-0.1, -0.05) is 42.1 Å². The Morgan fingerprint density at radius 3 is 2.70 bits per heavy atom. The molecule has 1 heterocycles. The number of rotatable bonds is 6. The smallest absolute Gasteiger partial charge is 0.276 e. The van der Waals surface area contributed by atoms with Gasteiger partial charge in [0.05, 0.1) is 6.42 Å². The first-order valence-electron chi connectivity index (χ1n) is 6.34. The van der Waals surface area contributed by atoms with Crippen LogP contribution in [-0.2, 0) is 11.2 Å². The second kappa shape index (κ2) is 7.09. The molecule has 0 N–H and O–H groups in total. The Hall–Kier alpha value is -1.82. The number of amides is 1. The summed E-state index contributed by atoms with van der Waals surface area (Å²) in [6, 6.07) is 9.97. The van der Waals surface area contributed by atoms with Crippen LogP contribution < -0.4 is 0 Å². The van der Waals surface area contributed by atoms with E-state index >= 15 is 0 Å². The Morgan fingerprint density at radius 1 is 1.25 bits per heavy atom. The molecule has 0 aliphatic rings. The average Bonchev–Trinajstić information content (AvgIpc) is 2.87. The van der Waals surface area contributed by atoms with E-state index in [2.05, 4.69) is 10.2 Å². The van der Waals surface area contributed by atoms with E-state index in [1.165, 1.54) is 11.8 Å². The van der Waals surface area contributed by atoms with Gasteiger partial charge in [-0.2, -0.15) is 0 Å². The van der Waals surface area contributed by atoms with Crippen LogP contribution in [0.15, 0.2) is 40.0 Å². The monoisotopic (exact) mass is 291 g/mol. The van der Waals surface area contributed by atoms with Crippen molar-refractivity contribution in [3.8, 4) is 0 Å². The number of aromatic nitrogens is 2. The molecule has 1 aromatic carbocycles. The Labute approximate surface area is 122 Å². The van der Waals surface area contributed by atoms with Crippen molar-refractivity contribution in [3.63, 3.8) is 0 Å². The first kappa shape index (κ1) is 14.6. The van der Waals surface area contributed by atoms with Crippen LogP contribution in [-0.4, -0.2) is 40.9 Å². The van der Waals surface area contributed by atoms with Gasteiger partial charge in [0.15, 0.2) is 0 Å². The maximum absolute atomic E-state index is 11.4. The summed E-state index contributed by atoms with van der Waals surface area (Å²) in [7, 11) is 3.50. The molecule has 0 saturated heterocycles. The lowest BCUT2D eigenvalue weighted by molar-refractivity contribution is -0.128. The molecule has 0 spiro atoms. The lowest BCUT2D eigenvalue weighted by atomic mass is 10.2. The third kappa shape index (κ3) is 4.38. The van der Waals surface area contributed by atoms with E-state index in [1.807, 2.05) is 30.3 Å². The van der Waals surface area contributed by atoms with Crippen LogP contribution in [0.1, 0.15) is 17.9 Å². The SMILES string of the molecule is CN(C)C(=O)CCSc1nnc(Cc2ccccc2)o1. The molecular weight excluding hydrogens is 274 g/mol. The molecule has 0 aliphatic carbocycles. The highest BCUT2D eigenvalue weighted by molar-refractivity contribution is 7.99. The summed E-state index contributed by atoms with van der Waals surface area (Å²) in [5.74, 6) is 1.34. The van der Waals surface area contributed by atoms with Crippen LogP contribution in [0.5, 0.6) is 0 Å². The van der Waals surface area contributed by atoms with E-state index in [9.17, 15) is 4.79 Å². The van der Waals surface area contributed by atoms with Crippen LogP contribution in [0, 0.1) is 0 Å². The quantitative estimate of drug-likeness (QED) is 0.764. The first-order chi connectivity index (χ1) is 9.65. The van der Waals surface area contributed by atoms with Crippen molar-refractivity contribution in [1.82, 2.24) is 15.1 Å². The van der Waals surface area contributed by atoms with E-state index < -0.39 is 0 Å². The fraction of sp³-hybridized carbons (Fsp3) is 0.357. The van der Waals surface area contributed by atoms with Gasteiger partial charge < -0.3 is 9.32 Å². The Balaban J connectivity index is 1.82. The summed E-state index contributed by atoms with van der Waals surface area (Å²) < 4.78 is 5.55. The lowest BCUT2D eigenvalue weighted by Crippen LogP contribution is -2.21. The summed E-state index contributed by atoms with van der Waals surface area (Å²) >= 11 is 1.41. The van der Waals surface area contributed by atoms with E-state index in [-0.39, 0.29) is 5.91 Å². The predicted molar refractivity (Wildman–Crippen MR) is 77.6 cm³/mol. The molecule has 6 heteroatoms. The third-order valence-electron chi connectivity index (χ3n) is 2.69. The van der Waals surface area contributed by atoms with E-state index in [4.69, 9.17) is 4.42 Å². The second-order valence-electron chi connectivity index (χ2n) is 4.51. The molecule has 2 aromatic rings. The maximum atomic E-state index is 11.4. The van der Waals surface area contributed by atoms with Crippen LogP contribution >= 0.6 is 11.8 Å². The molecule has 0 fully saturated rings. The molecule has 0 unspecified atom stereocenters. The van der Waals surface area contributed by atoms with Crippen LogP contribution in [0.3, 0.4) is 0 Å². The minimum absolute atomic E-state index is 0.0986. The molecule has 2 rings (SSSR count). The zero-order valence-electron chi connectivity index (χ0n) is 11.6. The van der Waals surface area contributed by atoms with Gasteiger partial charge in [-0.3, -0.25) is 4.79 Å². The van der Waals surface area contributed by atoms with Crippen molar-refractivity contribution >= 4 is 17.7 Å². The van der Waals surface area contributed by atoms with Gasteiger partial charge in [-0.25, -0.2) is 0 Å². The largest absolute Gasteiger partial charge is 0.416 e. The molecular formula is C14H17N3O2S. The van der Waals surface area contributed by atoms with Crippen molar-refractivity contribution in [1.29, 1.82) is 0 Å². The van der Waals surface area contributed by atoms with Crippen LogP contribution in [0.2, 0.25) is 0 Å². The summed E-state index contributed by atoms with van der Waals surface area (Å²) in [6.45, 7) is 0. The fourth-order valence-corrected chi connectivity index (χ4v) is 2.29. The van der Waals surface area contributed by atoms with Gasteiger partial charge in [-0.05, 0) is 5.56 Å². The predicted octanol–water partition coefficient (Wildman–Crippen LogP) is 2.23. The number of benzene rings is 1. The molecule has 5 nitrogen and oxygen atoms in total. The van der Waals surface area contributed by atoms with Gasteiger partial charge in [0.2, 0.25) is 11.8 Å². The molecule has 0 radical (unpaired) electrons. The van der Waals surface area contributed by atoms with E-state index in [0.717, 1.165) is 5.56 Å². The Bertz CT molecular complexity index is 555. The maximum Gasteiger partial charge on any atom is 0.276 e. The van der Waals surface area contributed by atoms with Gasteiger partial charge >= 0.3 is 0 Å². The van der Waals surface area contributed by atoms with Gasteiger partial charge in [-0.15, -0.1) is 10.2 Å². The summed E-state index contributed by atoms with van der Waals surface area (Å²) in [4.78, 5) is 13.0. The zero-order chi connectivity index (χ0) is 14.4. The molecule has 0 saturated carbocycles. The van der Waals surface area contributed by atoms with Gasteiger partial charge in [0.25, 0.3) is 5.22 Å². The molecule has 0 atom stereocenters. The molecule has 20 heavy (non-hydrogen) atoms. The van der Waals surface area contributed by atoms with Crippen LogP contribution in [0.25, 0.3) is 0 Å². The standard InChI is InChI=1S/C14H17N3O2S/c1-17(2)13(18)8-9-20-14-16-15-12(19-14)10-11-6-4-3-5-7-11/h3-7H,8-10H2,1-2H3. The highest BCUT2D eigenvalue weighted by atomic mass is 32.2. The highest BCUT2D eigenvalue weighted by Gasteiger charge is 2.09. The minimum atomic E-state index is 0.0986. The number of thioether (sulfide) groups is 1. The average molecular weight is 291 g/mol. The summed E-state index contributed by atoms with van der Waals surface area (Å²) in [5.41, 5.74) is 1.13. The van der Waals surface area contributed by atoms with Crippen molar-refractivity contribution < 1.29 is 9.21 Å². The van der Waals surface area contributed by atoms with Crippen molar-refractivity contribution in [2.45, 2.75) is 18.1 Å². The minimum Gasteiger partial charge on any atom is -0.416 e. The molecule has 0 bridgehead atoms. The summed E-state index contributed by atoms with van der Waals surface area (Å²) in [5, 5.41) is 8.50. The molecule has 1 amide bonds. The van der Waals surface area contributed by atoms with E-state index in [0.29, 0.717) is 29.7 Å². The number of hydrogen-bond acceptors (Lipinski definition) is 5. The Kier molecular flexibility index (Phi) is 5.17. The normalized spacial score (nSPS) is 10.5. The first-order valence-corrected chi connectivity index (χ1v) is 7.33. The summed E-state index contributed by atoms with van der Waals surface area (Å²) in [6.07, 6.45) is 1.10. The zero-order valence-corrected chi connectivity index (χ0v) is 12.4. The highest BCUT2D eigenvalue weighted by Crippen LogP contribution is 2.18. The van der Waals surface area contributed by atoms with Crippen molar-refractivity contribution in [3.05, 3.63) is 41.8 Å². The molecule has 106 valence electrons.